The second-order valence-electron chi connectivity index (χ2n) is 8.75. The van der Waals surface area contributed by atoms with Gasteiger partial charge in [-0.25, -0.2) is 0 Å². The van der Waals surface area contributed by atoms with E-state index in [0.29, 0.717) is 43.5 Å². The fraction of sp³-hybridized carbons (Fsp3) is 0.636. The van der Waals surface area contributed by atoms with Crippen LogP contribution in [0, 0.1) is 11.8 Å². The van der Waals surface area contributed by atoms with Gasteiger partial charge in [-0.1, -0.05) is 27.7 Å². The van der Waals surface area contributed by atoms with E-state index in [4.69, 9.17) is 0 Å². The first-order chi connectivity index (χ1) is 13.6. The Kier molecular flexibility index (Phi) is 7.90. The summed E-state index contributed by atoms with van der Waals surface area (Å²) < 4.78 is 0. The average molecular weight is 407 g/mol. The summed E-state index contributed by atoms with van der Waals surface area (Å²) in [6.45, 7) is 9.59. The van der Waals surface area contributed by atoms with Gasteiger partial charge in [0.05, 0.1) is 5.56 Å². The molecule has 7 heteroatoms. The van der Waals surface area contributed by atoms with Gasteiger partial charge >= 0.3 is 5.97 Å². The predicted molar refractivity (Wildman–Crippen MR) is 111 cm³/mol. The van der Waals surface area contributed by atoms with Crippen LogP contribution in [0.1, 0.15) is 68.8 Å². The van der Waals surface area contributed by atoms with Gasteiger partial charge in [-0.3, -0.25) is 9.59 Å². The molecule has 0 unspecified atom stereocenters. The molecule has 2 rings (SSSR count). The molecule has 0 aliphatic carbocycles. The number of aromatic hydroxyl groups is 2. The standard InChI is InChI=1S/C22H34N2O5/c1-13(2)9-18(22(28)29)23-12-15-5-7-24(8-6-15)21(27)17-10-16(14(3)4)19(25)11-20(17)26/h10-11,13-15,18,23,25-26H,5-9,12H2,1-4H3,(H,28,29)/t18-/m1/s1. The molecular formula is C22H34N2O5. The van der Waals surface area contributed by atoms with Gasteiger partial charge in [0.15, 0.2) is 0 Å². The van der Waals surface area contributed by atoms with Crippen molar-refractivity contribution < 1.29 is 24.9 Å². The number of carbonyl (C=O) groups is 2. The largest absolute Gasteiger partial charge is 0.508 e. The normalized spacial score (nSPS) is 16.4. The number of carboxylic acids is 1. The van der Waals surface area contributed by atoms with Crippen molar-refractivity contribution in [2.24, 2.45) is 11.8 Å². The highest BCUT2D eigenvalue weighted by molar-refractivity contribution is 5.97. The molecule has 4 N–H and O–H groups in total. The van der Waals surface area contributed by atoms with Crippen molar-refractivity contribution in [2.45, 2.75) is 58.9 Å². The van der Waals surface area contributed by atoms with Crippen molar-refractivity contribution in [3.63, 3.8) is 0 Å². The van der Waals surface area contributed by atoms with Crippen molar-refractivity contribution >= 4 is 11.9 Å². The Labute approximate surface area is 172 Å². The van der Waals surface area contributed by atoms with Crippen LogP contribution >= 0.6 is 0 Å². The smallest absolute Gasteiger partial charge is 0.320 e. The van der Waals surface area contributed by atoms with Gasteiger partial charge in [0.2, 0.25) is 0 Å². The van der Waals surface area contributed by atoms with Gasteiger partial charge in [0.25, 0.3) is 5.91 Å². The van der Waals surface area contributed by atoms with E-state index >= 15 is 0 Å². The van der Waals surface area contributed by atoms with E-state index in [0.717, 1.165) is 12.8 Å². The first-order valence-corrected chi connectivity index (χ1v) is 10.4. The van der Waals surface area contributed by atoms with E-state index in [9.17, 15) is 24.9 Å². The number of nitrogens with zero attached hydrogens (tertiary/aromatic N) is 1. The van der Waals surface area contributed by atoms with Crippen LogP contribution in [0.4, 0.5) is 0 Å². The monoisotopic (exact) mass is 406 g/mol. The van der Waals surface area contributed by atoms with Gasteiger partial charge in [-0.15, -0.1) is 0 Å². The molecule has 1 aromatic carbocycles. The maximum Gasteiger partial charge on any atom is 0.320 e. The van der Waals surface area contributed by atoms with E-state index in [1.807, 2.05) is 27.7 Å². The fourth-order valence-corrected chi connectivity index (χ4v) is 3.79. The lowest BCUT2D eigenvalue weighted by Gasteiger charge is -2.33. The SMILES string of the molecule is CC(C)C[C@@H](NCC1CCN(C(=O)c2cc(C(C)C)c(O)cc2O)CC1)C(=O)O. The maximum absolute atomic E-state index is 12.9. The minimum Gasteiger partial charge on any atom is -0.508 e. The molecule has 0 spiro atoms. The number of phenols is 2. The Balaban J connectivity index is 1.94. The number of piperidine rings is 1. The molecule has 1 heterocycles. The van der Waals surface area contributed by atoms with Gasteiger partial charge < -0.3 is 25.5 Å². The molecule has 1 amide bonds. The lowest BCUT2D eigenvalue weighted by molar-refractivity contribution is -0.140. The number of hydrogen-bond donors (Lipinski definition) is 4. The number of rotatable bonds is 8. The summed E-state index contributed by atoms with van der Waals surface area (Å²) in [4.78, 5) is 26.0. The topological polar surface area (TPSA) is 110 Å². The van der Waals surface area contributed by atoms with E-state index in [2.05, 4.69) is 5.32 Å². The number of amides is 1. The number of carboxylic acid groups (broad SMARTS) is 1. The van der Waals surface area contributed by atoms with Crippen molar-refractivity contribution in [3.05, 3.63) is 23.3 Å². The number of likely N-dealkylation sites (tertiary alicyclic amines) is 1. The number of carbonyl (C=O) groups excluding carboxylic acids is 1. The minimum atomic E-state index is -0.824. The molecule has 0 saturated carbocycles. The zero-order valence-electron chi connectivity index (χ0n) is 17.8. The van der Waals surface area contributed by atoms with Gasteiger partial charge in [-0.05, 0) is 55.2 Å². The Morgan fingerprint density at radius 1 is 1.10 bits per heavy atom. The number of hydrogen-bond acceptors (Lipinski definition) is 5. The highest BCUT2D eigenvalue weighted by Gasteiger charge is 2.27. The molecule has 0 radical (unpaired) electrons. The zero-order valence-corrected chi connectivity index (χ0v) is 17.8. The van der Waals surface area contributed by atoms with E-state index < -0.39 is 12.0 Å². The van der Waals surface area contributed by atoms with Gasteiger partial charge in [0.1, 0.15) is 17.5 Å². The highest BCUT2D eigenvalue weighted by atomic mass is 16.4. The molecule has 29 heavy (non-hydrogen) atoms. The molecule has 1 aliphatic rings. The van der Waals surface area contributed by atoms with Crippen LogP contribution in [0.15, 0.2) is 12.1 Å². The highest BCUT2D eigenvalue weighted by Crippen LogP contribution is 2.33. The van der Waals surface area contributed by atoms with Gasteiger partial charge in [-0.2, -0.15) is 0 Å². The number of phenolic OH excluding ortho intramolecular Hbond substituents is 2. The second kappa shape index (κ2) is 9.96. The van der Waals surface area contributed by atoms with E-state index in [1.165, 1.54) is 6.07 Å². The summed E-state index contributed by atoms with van der Waals surface area (Å²) >= 11 is 0. The minimum absolute atomic E-state index is 0.00628. The molecule has 1 atom stereocenters. The molecular weight excluding hydrogens is 372 g/mol. The Morgan fingerprint density at radius 3 is 2.24 bits per heavy atom. The Hall–Kier alpha value is -2.28. The summed E-state index contributed by atoms with van der Waals surface area (Å²) in [5.74, 6) is -0.627. The maximum atomic E-state index is 12.9. The summed E-state index contributed by atoms with van der Waals surface area (Å²) in [6, 6.07) is 2.27. The van der Waals surface area contributed by atoms with Crippen LogP contribution in [0.2, 0.25) is 0 Å². The van der Waals surface area contributed by atoms with Crippen molar-refractivity contribution in [3.8, 4) is 11.5 Å². The third kappa shape index (κ3) is 6.10. The average Bonchev–Trinajstić information content (AvgIpc) is 2.64. The fourth-order valence-electron chi connectivity index (χ4n) is 3.79. The first kappa shape index (κ1) is 23.0. The number of nitrogens with one attached hydrogen (secondary N) is 1. The molecule has 162 valence electrons. The Bertz CT molecular complexity index is 724. The molecule has 0 aromatic heterocycles. The molecule has 1 fully saturated rings. The lowest BCUT2D eigenvalue weighted by Crippen LogP contribution is -2.44. The number of benzene rings is 1. The number of aliphatic carboxylic acids is 1. The van der Waals surface area contributed by atoms with Crippen LogP contribution in [-0.4, -0.2) is 57.8 Å². The molecule has 7 nitrogen and oxygen atoms in total. The summed E-state index contributed by atoms with van der Waals surface area (Å²) in [7, 11) is 0. The first-order valence-electron chi connectivity index (χ1n) is 10.4. The van der Waals surface area contributed by atoms with Crippen LogP contribution in [-0.2, 0) is 4.79 Å². The van der Waals surface area contributed by atoms with Crippen molar-refractivity contribution in [1.29, 1.82) is 0 Å². The van der Waals surface area contributed by atoms with Crippen LogP contribution < -0.4 is 5.32 Å². The van der Waals surface area contributed by atoms with E-state index in [-0.39, 0.29) is 28.9 Å². The van der Waals surface area contributed by atoms with Crippen LogP contribution in [0.25, 0.3) is 0 Å². The van der Waals surface area contributed by atoms with Gasteiger partial charge in [0, 0.05) is 19.2 Å². The molecule has 1 aromatic rings. The van der Waals surface area contributed by atoms with E-state index in [1.54, 1.807) is 11.0 Å². The summed E-state index contributed by atoms with van der Waals surface area (Å²) in [5.41, 5.74) is 0.848. The molecule has 0 bridgehead atoms. The van der Waals surface area contributed by atoms with Crippen LogP contribution in [0.5, 0.6) is 11.5 Å². The molecule has 1 aliphatic heterocycles. The van der Waals surface area contributed by atoms with Crippen molar-refractivity contribution in [2.75, 3.05) is 19.6 Å². The second-order valence-corrected chi connectivity index (χ2v) is 8.75. The third-order valence-corrected chi connectivity index (χ3v) is 5.56. The van der Waals surface area contributed by atoms with Crippen LogP contribution in [0.3, 0.4) is 0 Å². The summed E-state index contributed by atoms with van der Waals surface area (Å²) in [5, 5.41) is 32.6. The summed E-state index contributed by atoms with van der Waals surface area (Å²) in [6.07, 6.45) is 2.15. The molecule has 1 saturated heterocycles. The quantitative estimate of drug-likeness (QED) is 0.528. The zero-order chi connectivity index (χ0) is 21.7. The Morgan fingerprint density at radius 2 is 1.72 bits per heavy atom. The predicted octanol–water partition coefficient (Wildman–Crippen LogP) is 3.16. The third-order valence-electron chi connectivity index (χ3n) is 5.56. The lowest BCUT2D eigenvalue weighted by atomic mass is 9.94. The van der Waals surface area contributed by atoms with Crippen molar-refractivity contribution in [1.82, 2.24) is 10.2 Å².